The van der Waals surface area contributed by atoms with Crippen LogP contribution >= 0.6 is 11.6 Å². The Kier molecular flexibility index (Phi) is 3.84. The van der Waals surface area contributed by atoms with E-state index in [1.807, 2.05) is 0 Å². The highest BCUT2D eigenvalue weighted by molar-refractivity contribution is 7.93. The number of primary sulfonamides is 1. The average molecular weight is 312 g/mol. The van der Waals surface area contributed by atoms with Gasteiger partial charge in [-0.05, 0) is 39.0 Å². The Labute approximate surface area is 112 Å². The summed E-state index contributed by atoms with van der Waals surface area (Å²) in [6.45, 7) is 4.51. The van der Waals surface area contributed by atoms with Crippen LogP contribution in [0.3, 0.4) is 0 Å². The van der Waals surface area contributed by atoms with Crippen molar-refractivity contribution >= 4 is 31.5 Å². The Hall–Kier alpha value is -0.630. The zero-order valence-corrected chi connectivity index (χ0v) is 12.5. The molecule has 8 heteroatoms. The predicted molar refractivity (Wildman–Crippen MR) is 69.8 cm³/mol. The van der Waals surface area contributed by atoms with E-state index in [1.165, 1.54) is 32.9 Å². The first-order valence-electron chi connectivity index (χ1n) is 4.94. The highest BCUT2D eigenvalue weighted by Gasteiger charge is 2.33. The van der Waals surface area contributed by atoms with Crippen LogP contribution in [0.1, 0.15) is 20.8 Å². The molecular weight excluding hydrogens is 298 g/mol. The van der Waals surface area contributed by atoms with Crippen molar-refractivity contribution in [1.82, 2.24) is 0 Å². The molecule has 1 rings (SSSR count). The second kappa shape index (κ2) is 4.48. The lowest BCUT2D eigenvalue weighted by molar-refractivity contribution is 0.560. The fourth-order valence-electron chi connectivity index (χ4n) is 1.20. The lowest BCUT2D eigenvalue weighted by Crippen LogP contribution is -2.28. The van der Waals surface area contributed by atoms with Gasteiger partial charge in [-0.1, -0.05) is 11.6 Å². The second-order valence-electron chi connectivity index (χ2n) is 4.75. The standard InChI is InChI=1S/C10H14ClNO4S2/c1-10(2,3)17(13,14)9-6-7(18(12,15)16)4-5-8(9)11/h4-6H,1-3H3,(H2,12,15,16). The minimum atomic E-state index is -3.97. The molecule has 0 bridgehead atoms. The number of hydrogen-bond acceptors (Lipinski definition) is 4. The van der Waals surface area contributed by atoms with Gasteiger partial charge in [0.1, 0.15) is 0 Å². The summed E-state index contributed by atoms with van der Waals surface area (Å²) in [6, 6.07) is 3.36. The normalized spacial score (nSPS) is 13.6. The molecular formula is C10H14ClNO4S2. The lowest BCUT2D eigenvalue weighted by atomic mass is 10.3. The van der Waals surface area contributed by atoms with Crippen molar-refractivity contribution in [3.63, 3.8) is 0 Å². The van der Waals surface area contributed by atoms with E-state index in [4.69, 9.17) is 16.7 Å². The van der Waals surface area contributed by atoms with Gasteiger partial charge in [0.15, 0.2) is 9.84 Å². The first-order chi connectivity index (χ1) is 7.87. The van der Waals surface area contributed by atoms with Gasteiger partial charge < -0.3 is 0 Å². The van der Waals surface area contributed by atoms with Crippen molar-refractivity contribution in [3.8, 4) is 0 Å². The molecule has 0 aromatic heterocycles. The minimum Gasteiger partial charge on any atom is -0.225 e. The van der Waals surface area contributed by atoms with E-state index in [1.54, 1.807) is 0 Å². The van der Waals surface area contributed by atoms with Gasteiger partial charge in [0.05, 0.1) is 19.6 Å². The van der Waals surface area contributed by atoms with E-state index < -0.39 is 24.6 Å². The molecule has 18 heavy (non-hydrogen) atoms. The molecule has 0 aliphatic carbocycles. The Balaban J connectivity index is 3.63. The van der Waals surface area contributed by atoms with E-state index in [9.17, 15) is 16.8 Å². The molecule has 0 spiro atoms. The van der Waals surface area contributed by atoms with Gasteiger partial charge in [-0.2, -0.15) is 0 Å². The summed E-state index contributed by atoms with van der Waals surface area (Å²) >= 11 is 5.82. The van der Waals surface area contributed by atoms with E-state index in [0.717, 1.165) is 6.07 Å². The number of sulfone groups is 1. The van der Waals surface area contributed by atoms with E-state index in [2.05, 4.69) is 0 Å². The Morgan fingerprint density at radius 1 is 1.11 bits per heavy atom. The summed E-state index contributed by atoms with van der Waals surface area (Å²) in [5, 5.41) is 4.93. The predicted octanol–water partition coefficient (Wildman–Crippen LogP) is 1.56. The SMILES string of the molecule is CC(C)(C)S(=O)(=O)c1cc(S(N)(=O)=O)ccc1Cl. The second-order valence-corrected chi connectivity index (χ2v) is 9.39. The molecule has 0 radical (unpaired) electrons. The zero-order valence-electron chi connectivity index (χ0n) is 10.1. The topological polar surface area (TPSA) is 94.3 Å². The number of halogens is 1. The van der Waals surface area contributed by atoms with Crippen LogP contribution < -0.4 is 5.14 Å². The summed E-state index contributed by atoms with van der Waals surface area (Å²) in [5.41, 5.74) is 0. The van der Waals surface area contributed by atoms with Gasteiger partial charge in [-0.3, -0.25) is 0 Å². The smallest absolute Gasteiger partial charge is 0.225 e. The first kappa shape index (κ1) is 15.4. The van der Waals surface area contributed by atoms with Crippen molar-refractivity contribution in [2.24, 2.45) is 5.14 Å². The van der Waals surface area contributed by atoms with Crippen molar-refractivity contribution < 1.29 is 16.8 Å². The van der Waals surface area contributed by atoms with Gasteiger partial charge in [0.2, 0.25) is 10.0 Å². The first-order valence-corrected chi connectivity index (χ1v) is 8.35. The molecule has 1 aromatic carbocycles. The maximum Gasteiger partial charge on any atom is 0.238 e. The average Bonchev–Trinajstić information content (AvgIpc) is 2.14. The molecule has 1 aromatic rings. The van der Waals surface area contributed by atoms with Crippen molar-refractivity contribution in [1.29, 1.82) is 0 Å². The molecule has 0 aliphatic heterocycles. The number of hydrogen-bond donors (Lipinski definition) is 1. The van der Waals surface area contributed by atoms with E-state index in [0.29, 0.717) is 0 Å². The molecule has 0 atom stereocenters. The summed E-state index contributed by atoms with van der Waals surface area (Å²) in [4.78, 5) is -0.516. The summed E-state index contributed by atoms with van der Waals surface area (Å²) < 4.78 is 45.8. The zero-order chi connectivity index (χ0) is 14.4. The van der Waals surface area contributed by atoms with Crippen LogP contribution in [0, 0.1) is 0 Å². The maximum absolute atomic E-state index is 12.2. The van der Waals surface area contributed by atoms with Crippen molar-refractivity contribution in [2.75, 3.05) is 0 Å². The Bertz CT molecular complexity index is 672. The minimum absolute atomic E-state index is 0.0303. The van der Waals surface area contributed by atoms with Crippen LogP contribution in [0.15, 0.2) is 28.0 Å². The molecule has 0 unspecified atom stereocenters. The molecule has 0 fully saturated rings. The number of rotatable bonds is 2. The van der Waals surface area contributed by atoms with Crippen molar-refractivity contribution in [2.45, 2.75) is 35.3 Å². The molecule has 0 amide bonds. The molecule has 0 aliphatic rings. The van der Waals surface area contributed by atoms with Crippen LogP contribution in [-0.2, 0) is 19.9 Å². The number of nitrogens with two attached hydrogens (primary N) is 1. The molecule has 5 nitrogen and oxygen atoms in total. The molecule has 102 valence electrons. The van der Waals surface area contributed by atoms with E-state index in [-0.39, 0.29) is 14.8 Å². The largest absolute Gasteiger partial charge is 0.238 e. The fraction of sp³-hybridized carbons (Fsp3) is 0.400. The number of benzene rings is 1. The monoisotopic (exact) mass is 311 g/mol. The Morgan fingerprint density at radius 3 is 2.00 bits per heavy atom. The summed E-state index contributed by atoms with van der Waals surface area (Å²) in [7, 11) is -7.71. The van der Waals surface area contributed by atoms with Crippen LogP contribution in [0.4, 0.5) is 0 Å². The highest BCUT2D eigenvalue weighted by Crippen LogP contribution is 2.31. The molecule has 0 heterocycles. The molecule has 0 saturated heterocycles. The van der Waals surface area contributed by atoms with Crippen LogP contribution in [0.2, 0.25) is 5.02 Å². The van der Waals surface area contributed by atoms with Gasteiger partial charge >= 0.3 is 0 Å². The summed E-state index contributed by atoms with van der Waals surface area (Å²) in [5.74, 6) is 0. The summed E-state index contributed by atoms with van der Waals surface area (Å²) in [6.07, 6.45) is 0. The molecule has 0 saturated carbocycles. The van der Waals surface area contributed by atoms with Crippen LogP contribution in [-0.4, -0.2) is 21.6 Å². The van der Waals surface area contributed by atoms with Crippen LogP contribution in [0.5, 0.6) is 0 Å². The van der Waals surface area contributed by atoms with Gasteiger partial charge in [-0.15, -0.1) is 0 Å². The van der Waals surface area contributed by atoms with E-state index >= 15 is 0 Å². The Morgan fingerprint density at radius 2 is 1.61 bits per heavy atom. The van der Waals surface area contributed by atoms with Gasteiger partial charge in [0, 0.05) is 0 Å². The number of sulfonamides is 1. The van der Waals surface area contributed by atoms with Gasteiger partial charge in [0.25, 0.3) is 0 Å². The quantitative estimate of drug-likeness (QED) is 0.896. The third kappa shape index (κ3) is 2.85. The van der Waals surface area contributed by atoms with Crippen molar-refractivity contribution in [3.05, 3.63) is 23.2 Å². The highest BCUT2D eigenvalue weighted by atomic mass is 35.5. The third-order valence-electron chi connectivity index (χ3n) is 2.33. The van der Waals surface area contributed by atoms with Crippen LogP contribution in [0.25, 0.3) is 0 Å². The maximum atomic E-state index is 12.2. The van der Waals surface area contributed by atoms with Gasteiger partial charge in [-0.25, -0.2) is 22.0 Å². The molecule has 2 N–H and O–H groups in total. The third-order valence-corrected chi connectivity index (χ3v) is 6.21. The lowest BCUT2D eigenvalue weighted by Gasteiger charge is -2.20. The fourth-order valence-corrected chi connectivity index (χ4v) is 3.50.